The first-order valence-corrected chi connectivity index (χ1v) is 5.13. The maximum atomic E-state index is 10.7. The molecule has 0 aromatic heterocycles. The van der Waals surface area contributed by atoms with Crippen molar-refractivity contribution in [2.45, 2.75) is 39.0 Å². The number of rotatable bonds is 2. The molecule has 1 aromatic rings. The van der Waals surface area contributed by atoms with Crippen molar-refractivity contribution in [2.24, 2.45) is 0 Å². The molecule has 0 heterocycles. The summed E-state index contributed by atoms with van der Waals surface area (Å²) >= 11 is 0. The number of aliphatic carboxylic acids is 1. The van der Waals surface area contributed by atoms with E-state index in [2.05, 4.69) is 20.8 Å². The Hall–Kier alpha value is -1.31. The van der Waals surface area contributed by atoms with Gasteiger partial charge in [0, 0.05) is 11.9 Å². The number of carboxylic acid groups (broad SMARTS) is 1. The van der Waals surface area contributed by atoms with Gasteiger partial charge in [0.05, 0.1) is 0 Å². The molecule has 2 heteroatoms. The molecule has 1 atom stereocenters. The predicted molar refractivity (Wildman–Crippen MR) is 58.6 cm³/mol. The van der Waals surface area contributed by atoms with Crippen LogP contribution in [0.2, 0.25) is 0 Å². The molecule has 0 unspecified atom stereocenters. The molecule has 0 N–H and O–H groups in total. The smallest absolute Gasteiger partial charge is 0.0486 e. The summed E-state index contributed by atoms with van der Waals surface area (Å²) in [7, 11) is 0. The van der Waals surface area contributed by atoms with Gasteiger partial charge in [0.1, 0.15) is 0 Å². The van der Waals surface area contributed by atoms with Gasteiger partial charge < -0.3 is 9.90 Å². The summed E-state index contributed by atoms with van der Waals surface area (Å²) in [6.45, 7) is 8.03. The highest BCUT2D eigenvalue weighted by molar-refractivity contribution is 5.73. The minimum atomic E-state index is -1.03. The first kappa shape index (κ1) is 11.8. The third-order valence-corrected chi connectivity index (χ3v) is 2.63. The molecule has 0 saturated heterocycles. The molecule has 15 heavy (non-hydrogen) atoms. The molecule has 0 aliphatic heterocycles. The zero-order valence-corrected chi connectivity index (χ0v) is 9.70. The molecule has 0 amide bonds. The fourth-order valence-corrected chi connectivity index (χ4v) is 1.41. The lowest BCUT2D eigenvalue weighted by molar-refractivity contribution is -0.307. The second-order valence-corrected chi connectivity index (χ2v) is 4.91. The lowest BCUT2D eigenvalue weighted by atomic mass is 9.86. The summed E-state index contributed by atoms with van der Waals surface area (Å²) in [5.41, 5.74) is 2.10. The van der Waals surface area contributed by atoms with Crippen LogP contribution in [0.25, 0.3) is 0 Å². The van der Waals surface area contributed by atoms with Crippen LogP contribution in [0, 0.1) is 0 Å². The molecule has 1 aromatic carbocycles. The monoisotopic (exact) mass is 205 g/mol. The minimum Gasteiger partial charge on any atom is -0.550 e. The molecule has 0 fully saturated rings. The molecule has 1 rings (SSSR count). The number of hydrogen-bond donors (Lipinski definition) is 0. The number of hydrogen-bond acceptors (Lipinski definition) is 2. The molecular weight excluding hydrogens is 188 g/mol. The second-order valence-electron chi connectivity index (χ2n) is 4.91. The number of carboxylic acids is 1. The van der Waals surface area contributed by atoms with E-state index in [9.17, 15) is 9.90 Å². The minimum absolute atomic E-state index is 0.100. The van der Waals surface area contributed by atoms with Crippen LogP contribution < -0.4 is 5.11 Å². The van der Waals surface area contributed by atoms with Crippen LogP contribution in [0.5, 0.6) is 0 Å². The van der Waals surface area contributed by atoms with Crippen molar-refractivity contribution >= 4 is 5.97 Å². The Labute approximate surface area is 90.9 Å². The number of carbonyl (C=O) groups is 1. The van der Waals surface area contributed by atoms with Gasteiger partial charge in [-0.15, -0.1) is 0 Å². The third-order valence-electron chi connectivity index (χ3n) is 2.63. The molecule has 2 nitrogen and oxygen atoms in total. The van der Waals surface area contributed by atoms with Crippen LogP contribution in [-0.2, 0) is 10.2 Å². The van der Waals surface area contributed by atoms with Crippen molar-refractivity contribution in [3.63, 3.8) is 0 Å². The van der Waals surface area contributed by atoms with Crippen LogP contribution in [0.1, 0.15) is 44.7 Å². The molecule has 0 aliphatic rings. The SMILES string of the molecule is C[C@@H](C(=O)[O-])c1ccc(C(C)(C)C)cc1. The average molecular weight is 205 g/mol. The Balaban J connectivity index is 2.95. The molecule has 0 saturated carbocycles. The van der Waals surface area contributed by atoms with Crippen LogP contribution >= 0.6 is 0 Å². The zero-order chi connectivity index (χ0) is 11.6. The third kappa shape index (κ3) is 2.82. The van der Waals surface area contributed by atoms with Gasteiger partial charge >= 0.3 is 0 Å². The van der Waals surface area contributed by atoms with Crippen molar-refractivity contribution in [3.8, 4) is 0 Å². The van der Waals surface area contributed by atoms with E-state index in [4.69, 9.17) is 0 Å². The van der Waals surface area contributed by atoms with Crippen molar-refractivity contribution in [1.29, 1.82) is 0 Å². The topological polar surface area (TPSA) is 40.1 Å². The van der Waals surface area contributed by atoms with Gasteiger partial charge in [-0.25, -0.2) is 0 Å². The maximum Gasteiger partial charge on any atom is 0.0486 e. The quantitative estimate of drug-likeness (QED) is 0.739. The van der Waals surface area contributed by atoms with Gasteiger partial charge in [0.15, 0.2) is 0 Å². The van der Waals surface area contributed by atoms with Crippen LogP contribution in [0.4, 0.5) is 0 Å². The van der Waals surface area contributed by atoms with E-state index in [1.165, 1.54) is 5.56 Å². The molecular formula is C13H17O2-. The largest absolute Gasteiger partial charge is 0.550 e. The van der Waals surface area contributed by atoms with E-state index in [1.54, 1.807) is 6.92 Å². The molecule has 0 spiro atoms. The lowest BCUT2D eigenvalue weighted by Crippen LogP contribution is -2.28. The summed E-state index contributed by atoms with van der Waals surface area (Å²) in [5.74, 6) is -1.57. The molecule has 0 aliphatic carbocycles. The number of carbonyl (C=O) groups excluding carboxylic acids is 1. The zero-order valence-electron chi connectivity index (χ0n) is 9.70. The summed E-state index contributed by atoms with van der Waals surface area (Å²) in [4.78, 5) is 10.7. The van der Waals surface area contributed by atoms with Gasteiger partial charge in [0.25, 0.3) is 0 Å². The van der Waals surface area contributed by atoms with Crippen molar-refractivity contribution in [2.75, 3.05) is 0 Å². The van der Waals surface area contributed by atoms with E-state index in [0.717, 1.165) is 5.56 Å². The van der Waals surface area contributed by atoms with E-state index in [1.807, 2.05) is 24.3 Å². The van der Waals surface area contributed by atoms with Crippen LogP contribution in [0.15, 0.2) is 24.3 Å². The fourth-order valence-electron chi connectivity index (χ4n) is 1.41. The van der Waals surface area contributed by atoms with Gasteiger partial charge in [-0.2, -0.15) is 0 Å². The van der Waals surface area contributed by atoms with Gasteiger partial charge in [0.2, 0.25) is 0 Å². The van der Waals surface area contributed by atoms with Gasteiger partial charge in [-0.05, 0) is 16.5 Å². The summed E-state index contributed by atoms with van der Waals surface area (Å²) in [5, 5.41) is 10.7. The summed E-state index contributed by atoms with van der Waals surface area (Å²) < 4.78 is 0. The molecule has 0 bridgehead atoms. The highest BCUT2D eigenvalue weighted by Crippen LogP contribution is 2.24. The second kappa shape index (κ2) is 4.05. The highest BCUT2D eigenvalue weighted by atomic mass is 16.4. The van der Waals surface area contributed by atoms with Crippen LogP contribution in [-0.4, -0.2) is 5.97 Å². The van der Waals surface area contributed by atoms with Gasteiger partial charge in [-0.3, -0.25) is 0 Å². The Bertz CT molecular complexity index is 344. The van der Waals surface area contributed by atoms with E-state index in [-0.39, 0.29) is 5.41 Å². The maximum absolute atomic E-state index is 10.7. The fraction of sp³-hybridized carbons (Fsp3) is 0.462. The van der Waals surface area contributed by atoms with E-state index >= 15 is 0 Å². The van der Waals surface area contributed by atoms with Crippen molar-refractivity contribution in [1.82, 2.24) is 0 Å². The highest BCUT2D eigenvalue weighted by Gasteiger charge is 2.14. The van der Waals surface area contributed by atoms with E-state index < -0.39 is 11.9 Å². The normalized spacial score (nSPS) is 13.6. The Morgan fingerprint density at radius 3 is 2.00 bits per heavy atom. The lowest BCUT2D eigenvalue weighted by Gasteiger charge is -2.20. The predicted octanol–water partition coefficient (Wildman–Crippen LogP) is 1.84. The van der Waals surface area contributed by atoms with Gasteiger partial charge in [-0.1, -0.05) is 52.0 Å². The van der Waals surface area contributed by atoms with Crippen LogP contribution in [0.3, 0.4) is 0 Å². The summed E-state index contributed by atoms with van der Waals surface area (Å²) in [6.07, 6.45) is 0. The Morgan fingerprint density at radius 1 is 1.20 bits per heavy atom. The molecule has 82 valence electrons. The standard InChI is InChI=1S/C13H18O2/c1-9(12(14)15)10-5-7-11(8-6-10)13(2,3)4/h5-9H,1-4H3,(H,14,15)/p-1/t9-/m1/s1. The Morgan fingerprint density at radius 2 is 1.67 bits per heavy atom. The number of benzene rings is 1. The average Bonchev–Trinajstić information content (AvgIpc) is 2.15. The van der Waals surface area contributed by atoms with Crippen molar-refractivity contribution in [3.05, 3.63) is 35.4 Å². The first-order chi connectivity index (χ1) is 6.82. The Kier molecular flexibility index (Phi) is 3.18. The molecule has 0 radical (unpaired) electrons. The summed E-state index contributed by atoms with van der Waals surface area (Å²) in [6, 6.07) is 7.69. The van der Waals surface area contributed by atoms with E-state index in [0.29, 0.717) is 0 Å². The first-order valence-electron chi connectivity index (χ1n) is 5.13. The van der Waals surface area contributed by atoms with Crippen molar-refractivity contribution < 1.29 is 9.90 Å².